The second-order valence-electron chi connectivity index (χ2n) is 10.7. The molecule has 0 bridgehead atoms. The maximum Gasteiger partial charge on any atom is 0.0964 e. The van der Waals surface area contributed by atoms with Crippen molar-refractivity contribution >= 4 is 21.8 Å². The fourth-order valence-corrected chi connectivity index (χ4v) is 5.62. The van der Waals surface area contributed by atoms with Gasteiger partial charge in [-0.1, -0.05) is 78.9 Å². The Balaban J connectivity index is 1.24. The van der Waals surface area contributed by atoms with Crippen LogP contribution in [0.4, 0.5) is 0 Å². The van der Waals surface area contributed by atoms with Gasteiger partial charge in [0, 0.05) is 64.6 Å². The molecule has 5 aromatic heterocycles. The first kappa shape index (κ1) is 25.6. The van der Waals surface area contributed by atoms with Crippen molar-refractivity contribution in [3.05, 3.63) is 152 Å². The normalized spacial score (nSPS) is 11.2. The van der Waals surface area contributed by atoms with Crippen molar-refractivity contribution in [3.63, 3.8) is 0 Å². The van der Waals surface area contributed by atoms with Crippen LogP contribution in [0.5, 0.6) is 0 Å². The molecular weight excluding hydrogens is 538 g/mol. The first-order chi connectivity index (χ1) is 21.8. The summed E-state index contributed by atoms with van der Waals surface area (Å²) in [6, 6.07) is 39.8. The van der Waals surface area contributed by atoms with Crippen LogP contribution in [0.2, 0.25) is 0 Å². The van der Waals surface area contributed by atoms with E-state index in [1.54, 1.807) is 12.4 Å². The van der Waals surface area contributed by atoms with Crippen molar-refractivity contribution < 1.29 is 0 Å². The molecule has 8 rings (SSSR count). The van der Waals surface area contributed by atoms with Crippen LogP contribution < -0.4 is 0 Å². The fourth-order valence-electron chi connectivity index (χ4n) is 5.62. The van der Waals surface area contributed by atoms with Gasteiger partial charge in [-0.3, -0.25) is 19.9 Å². The summed E-state index contributed by atoms with van der Waals surface area (Å²) in [7, 11) is 0. The molecule has 0 atom stereocenters. The molecule has 0 radical (unpaired) electrons. The minimum Gasteiger partial charge on any atom is -0.264 e. The van der Waals surface area contributed by atoms with E-state index >= 15 is 0 Å². The summed E-state index contributed by atoms with van der Waals surface area (Å²) in [5.41, 5.74) is 12.1. The largest absolute Gasteiger partial charge is 0.264 e. The van der Waals surface area contributed by atoms with Crippen LogP contribution in [-0.2, 0) is 0 Å². The predicted molar refractivity (Wildman–Crippen MR) is 178 cm³/mol. The first-order valence-electron chi connectivity index (χ1n) is 14.5. The molecule has 0 aliphatic heterocycles. The number of rotatable bonds is 5. The van der Waals surface area contributed by atoms with Crippen LogP contribution in [0.15, 0.2) is 152 Å². The minimum absolute atomic E-state index is 0.895. The van der Waals surface area contributed by atoms with E-state index in [-0.39, 0.29) is 0 Å². The van der Waals surface area contributed by atoms with Gasteiger partial charge in [-0.15, -0.1) is 0 Å². The van der Waals surface area contributed by atoms with E-state index in [0.717, 1.165) is 77.7 Å². The minimum atomic E-state index is 0.895. The van der Waals surface area contributed by atoms with Gasteiger partial charge in [-0.25, -0.2) is 4.98 Å². The van der Waals surface area contributed by atoms with E-state index in [9.17, 15) is 0 Å². The second-order valence-corrected chi connectivity index (χ2v) is 10.7. The van der Waals surface area contributed by atoms with Gasteiger partial charge in [-0.2, -0.15) is 0 Å². The number of aromatic nitrogens is 5. The Morgan fingerprint density at radius 3 is 1.48 bits per heavy atom. The zero-order chi connectivity index (χ0) is 29.3. The lowest BCUT2D eigenvalue weighted by molar-refractivity contribution is 1.31. The zero-order valence-corrected chi connectivity index (χ0v) is 23.7. The van der Waals surface area contributed by atoms with E-state index in [0.29, 0.717) is 0 Å². The van der Waals surface area contributed by atoms with Crippen LogP contribution in [-0.4, -0.2) is 24.9 Å². The summed E-state index contributed by atoms with van der Waals surface area (Å²) < 4.78 is 0. The first-order valence-corrected chi connectivity index (χ1v) is 14.5. The van der Waals surface area contributed by atoms with Crippen LogP contribution in [0.25, 0.3) is 77.7 Å². The number of fused-ring (bicyclic) bond motifs is 3. The third kappa shape index (κ3) is 4.86. The van der Waals surface area contributed by atoms with Crippen molar-refractivity contribution in [2.24, 2.45) is 0 Å². The molecule has 0 saturated heterocycles. The Morgan fingerprint density at radius 2 is 0.886 bits per heavy atom. The van der Waals surface area contributed by atoms with Crippen LogP contribution in [0.3, 0.4) is 0 Å². The lowest BCUT2D eigenvalue weighted by atomic mass is 9.98. The molecule has 0 aliphatic rings. The predicted octanol–water partition coefficient (Wildman–Crippen LogP) is 9.30. The molecule has 0 spiro atoms. The van der Waals surface area contributed by atoms with Gasteiger partial charge in [0.05, 0.1) is 22.4 Å². The monoisotopic (exact) mass is 563 g/mol. The zero-order valence-electron chi connectivity index (χ0n) is 23.7. The molecule has 0 N–H and O–H groups in total. The highest BCUT2D eigenvalue weighted by molar-refractivity contribution is 6.03. The van der Waals surface area contributed by atoms with Crippen molar-refractivity contribution in [1.29, 1.82) is 0 Å². The molecule has 5 heterocycles. The van der Waals surface area contributed by atoms with E-state index in [1.807, 2.05) is 43.0 Å². The van der Waals surface area contributed by atoms with Crippen molar-refractivity contribution in [3.8, 4) is 55.9 Å². The van der Waals surface area contributed by atoms with Crippen molar-refractivity contribution in [1.82, 2.24) is 24.9 Å². The topological polar surface area (TPSA) is 64.5 Å². The molecule has 5 nitrogen and oxygen atoms in total. The summed E-state index contributed by atoms with van der Waals surface area (Å²) in [4.78, 5) is 23.2. The van der Waals surface area contributed by atoms with Gasteiger partial charge >= 0.3 is 0 Å². The summed E-state index contributed by atoms with van der Waals surface area (Å²) in [5, 5.41) is 2.13. The maximum absolute atomic E-state index is 5.15. The summed E-state index contributed by atoms with van der Waals surface area (Å²) in [6.45, 7) is 0. The molecule has 0 fully saturated rings. The molecule has 44 heavy (non-hydrogen) atoms. The van der Waals surface area contributed by atoms with Gasteiger partial charge in [0.1, 0.15) is 0 Å². The Labute approximate surface area is 254 Å². The third-order valence-corrected chi connectivity index (χ3v) is 7.93. The Hall–Kier alpha value is -6.07. The summed E-state index contributed by atoms with van der Waals surface area (Å²) in [6.07, 6.45) is 11.1. The molecule has 0 aliphatic carbocycles. The van der Waals surface area contributed by atoms with Crippen molar-refractivity contribution in [2.45, 2.75) is 0 Å². The average Bonchev–Trinajstić information content (AvgIpc) is 3.12. The lowest BCUT2D eigenvalue weighted by Crippen LogP contribution is -1.93. The maximum atomic E-state index is 5.15. The highest BCUT2D eigenvalue weighted by Crippen LogP contribution is 2.34. The van der Waals surface area contributed by atoms with Gasteiger partial charge < -0.3 is 0 Å². The van der Waals surface area contributed by atoms with Gasteiger partial charge in [-0.05, 0) is 64.2 Å². The number of hydrogen-bond acceptors (Lipinski definition) is 5. The SMILES string of the molecule is c1cncc(-c2ccc(-c3cc(-c4cnc5c(ccc6cccnc65)c4)cc(-c4ccc(-c5cccnc5)cc4)n3)cc2)c1. The van der Waals surface area contributed by atoms with E-state index in [4.69, 9.17) is 9.97 Å². The van der Waals surface area contributed by atoms with E-state index in [1.165, 1.54) is 0 Å². The fraction of sp³-hybridized carbons (Fsp3) is 0. The van der Waals surface area contributed by atoms with Gasteiger partial charge in [0.25, 0.3) is 0 Å². The highest BCUT2D eigenvalue weighted by atomic mass is 14.7. The number of benzene rings is 3. The lowest BCUT2D eigenvalue weighted by Gasteiger charge is -2.12. The molecule has 3 aromatic carbocycles. The molecule has 206 valence electrons. The Morgan fingerprint density at radius 1 is 0.341 bits per heavy atom. The molecular formula is C39H25N5. The molecule has 0 saturated carbocycles. The molecule has 0 unspecified atom stereocenters. The van der Waals surface area contributed by atoms with Crippen LogP contribution in [0.1, 0.15) is 0 Å². The third-order valence-electron chi connectivity index (χ3n) is 7.93. The van der Waals surface area contributed by atoms with E-state index < -0.39 is 0 Å². The quantitative estimate of drug-likeness (QED) is 0.195. The molecule has 8 aromatic rings. The van der Waals surface area contributed by atoms with Gasteiger partial charge in [0.15, 0.2) is 0 Å². The highest BCUT2D eigenvalue weighted by Gasteiger charge is 2.12. The number of nitrogens with zero attached hydrogens (tertiary/aromatic N) is 5. The van der Waals surface area contributed by atoms with Crippen LogP contribution in [0, 0.1) is 0 Å². The molecule has 5 heteroatoms. The van der Waals surface area contributed by atoms with E-state index in [2.05, 4.69) is 112 Å². The van der Waals surface area contributed by atoms with Gasteiger partial charge in [0.2, 0.25) is 0 Å². The summed E-state index contributed by atoms with van der Waals surface area (Å²) in [5.74, 6) is 0. The smallest absolute Gasteiger partial charge is 0.0964 e. The van der Waals surface area contributed by atoms with Crippen molar-refractivity contribution in [2.75, 3.05) is 0 Å². The van der Waals surface area contributed by atoms with Crippen LogP contribution >= 0.6 is 0 Å². The number of hydrogen-bond donors (Lipinski definition) is 0. The Bertz CT molecular complexity index is 2150. The second kappa shape index (κ2) is 11.0. The number of pyridine rings is 5. The summed E-state index contributed by atoms with van der Waals surface area (Å²) >= 11 is 0. The molecule has 0 amide bonds. The standard InChI is InChI=1S/C39H25N5/c1-5-32(23-40-17-1)26-7-11-28(12-8-26)36-21-34(35-20-31-16-15-30-4-3-19-42-38(30)39(31)43-25-35)22-37(44-36)29-13-9-27(10-14-29)33-6-2-18-41-24-33/h1-25H. The Kier molecular flexibility index (Phi) is 6.39. The average molecular weight is 564 g/mol.